The fourth-order valence-electron chi connectivity index (χ4n) is 6.72. The van der Waals surface area contributed by atoms with Gasteiger partial charge in [0.2, 0.25) is 5.91 Å². The van der Waals surface area contributed by atoms with Crippen LogP contribution in [0.2, 0.25) is 0 Å². The van der Waals surface area contributed by atoms with Gasteiger partial charge in [0.25, 0.3) is 0 Å². The summed E-state index contributed by atoms with van der Waals surface area (Å²) >= 11 is 0. The number of primary amides is 1. The molecule has 160 valence electrons. The molecule has 0 bridgehead atoms. The molecule has 3 aliphatic rings. The molecule has 31 heavy (non-hydrogen) atoms. The van der Waals surface area contributed by atoms with Crippen molar-refractivity contribution < 1.29 is 9.90 Å². The highest BCUT2D eigenvalue weighted by molar-refractivity contribution is 5.93. The molecule has 3 nitrogen and oxygen atoms in total. The Kier molecular flexibility index (Phi) is 4.90. The van der Waals surface area contributed by atoms with Gasteiger partial charge in [-0.15, -0.1) is 0 Å². The number of hydrogen-bond acceptors (Lipinski definition) is 2. The Hall–Kier alpha value is -2.65. The van der Waals surface area contributed by atoms with Crippen molar-refractivity contribution in [3.8, 4) is 0 Å². The van der Waals surface area contributed by atoms with Crippen molar-refractivity contribution in [1.82, 2.24) is 0 Å². The summed E-state index contributed by atoms with van der Waals surface area (Å²) in [5.74, 6) is 1.26. The number of nitrogens with two attached hydrogens (primary N) is 1. The van der Waals surface area contributed by atoms with Crippen LogP contribution in [-0.2, 0) is 6.42 Å². The van der Waals surface area contributed by atoms with E-state index in [0.717, 1.165) is 36.8 Å². The minimum absolute atomic E-state index is 0.0765. The van der Waals surface area contributed by atoms with E-state index in [2.05, 4.69) is 37.8 Å². The summed E-state index contributed by atoms with van der Waals surface area (Å²) in [5, 5.41) is 11.4. The molecule has 2 saturated carbocycles. The Labute approximate surface area is 184 Å². The molecule has 0 aliphatic heterocycles. The van der Waals surface area contributed by atoms with E-state index >= 15 is 0 Å². The Morgan fingerprint density at radius 2 is 2.03 bits per heavy atom. The molecule has 5 rings (SSSR count). The Morgan fingerprint density at radius 3 is 2.81 bits per heavy atom. The summed E-state index contributed by atoms with van der Waals surface area (Å²) in [6.07, 6.45) is 9.00. The topological polar surface area (TPSA) is 63.3 Å². The lowest BCUT2D eigenvalue weighted by Crippen LogP contribution is -2.44. The predicted molar refractivity (Wildman–Crippen MR) is 125 cm³/mol. The van der Waals surface area contributed by atoms with E-state index in [1.165, 1.54) is 23.1 Å². The average Bonchev–Trinajstić information content (AvgIpc) is 3.03. The molecule has 3 N–H and O–H groups in total. The van der Waals surface area contributed by atoms with E-state index in [4.69, 9.17) is 5.73 Å². The number of carbonyl (C=O) groups is 1. The molecule has 0 unspecified atom stereocenters. The van der Waals surface area contributed by atoms with Crippen LogP contribution in [0.3, 0.4) is 0 Å². The second-order valence-corrected chi connectivity index (χ2v) is 9.94. The highest BCUT2D eigenvalue weighted by Gasteiger charge is 2.56. The Morgan fingerprint density at radius 1 is 1.19 bits per heavy atom. The monoisotopic (exact) mass is 413 g/mol. The minimum atomic E-state index is -0.430. The molecule has 0 spiro atoms. The predicted octanol–water partition coefficient (Wildman–Crippen LogP) is 5.34. The lowest BCUT2D eigenvalue weighted by molar-refractivity contribution is -0.0158. The molecule has 0 heterocycles. The first-order valence-corrected chi connectivity index (χ1v) is 11.4. The lowest BCUT2D eigenvalue weighted by atomic mass is 9.55. The second kappa shape index (κ2) is 7.49. The number of aliphatic hydroxyl groups excluding tert-OH is 1. The van der Waals surface area contributed by atoms with Crippen molar-refractivity contribution in [2.75, 3.05) is 0 Å². The summed E-state index contributed by atoms with van der Waals surface area (Å²) in [6.45, 7) is 6.21. The van der Waals surface area contributed by atoms with Gasteiger partial charge in [0.05, 0.1) is 6.10 Å². The highest BCUT2D eigenvalue weighted by Crippen LogP contribution is 2.62. The number of rotatable bonds is 3. The molecular formula is C28H31NO2. The Bertz CT molecular complexity index is 1080. The van der Waals surface area contributed by atoms with E-state index in [1.807, 2.05) is 24.3 Å². The molecule has 0 aromatic heterocycles. The van der Waals surface area contributed by atoms with Gasteiger partial charge >= 0.3 is 0 Å². The van der Waals surface area contributed by atoms with Crippen LogP contribution in [0.1, 0.15) is 71.1 Å². The molecule has 0 saturated heterocycles. The standard InChI is InChI=1S/C28H31NO2/c1-3-17-7-9-22-19(13-17)8-10-24-23(22)11-12-28(2)25(24)16-21(26(28)30)15-18-5-4-6-20(14-18)27(29)31/h3-7,9,13-15,23-26,30H,1,8,10-12,16H2,2H3,(H2,29,31)/t23-,24-,25+,26+,28+/m1/s1. The van der Waals surface area contributed by atoms with Gasteiger partial charge in [-0.2, -0.15) is 0 Å². The third kappa shape index (κ3) is 3.27. The first-order valence-electron chi connectivity index (χ1n) is 11.4. The number of carbonyl (C=O) groups excluding carboxylic acids is 1. The summed E-state index contributed by atoms with van der Waals surface area (Å²) < 4.78 is 0. The first-order chi connectivity index (χ1) is 14.9. The quantitative estimate of drug-likeness (QED) is 0.713. The van der Waals surface area contributed by atoms with E-state index in [0.29, 0.717) is 23.3 Å². The second-order valence-electron chi connectivity index (χ2n) is 9.94. The zero-order valence-corrected chi connectivity index (χ0v) is 18.2. The molecule has 5 atom stereocenters. The van der Waals surface area contributed by atoms with Crippen LogP contribution in [-0.4, -0.2) is 17.1 Å². The van der Waals surface area contributed by atoms with Crippen LogP contribution < -0.4 is 5.73 Å². The molecule has 0 radical (unpaired) electrons. The van der Waals surface area contributed by atoms with Gasteiger partial charge in [0.1, 0.15) is 0 Å². The normalized spacial score (nSPS) is 32.8. The van der Waals surface area contributed by atoms with Crippen molar-refractivity contribution in [1.29, 1.82) is 0 Å². The van der Waals surface area contributed by atoms with Gasteiger partial charge in [0, 0.05) is 11.0 Å². The van der Waals surface area contributed by atoms with Crippen molar-refractivity contribution in [2.45, 2.75) is 51.0 Å². The van der Waals surface area contributed by atoms with Crippen molar-refractivity contribution in [3.63, 3.8) is 0 Å². The van der Waals surface area contributed by atoms with E-state index < -0.39 is 12.0 Å². The van der Waals surface area contributed by atoms with Crippen LogP contribution in [0.25, 0.3) is 12.2 Å². The maximum Gasteiger partial charge on any atom is 0.248 e. The molecule has 1 amide bonds. The number of benzene rings is 2. The van der Waals surface area contributed by atoms with Gasteiger partial charge < -0.3 is 10.8 Å². The van der Waals surface area contributed by atoms with E-state index in [1.54, 1.807) is 6.07 Å². The van der Waals surface area contributed by atoms with E-state index in [9.17, 15) is 9.90 Å². The Balaban J connectivity index is 1.46. The molecule has 2 aromatic carbocycles. The van der Waals surface area contributed by atoms with Crippen molar-refractivity contribution in [2.24, 2.45) is 23.0 Å². The van der Waals surface area contributed by atoms with Crippen molar-refractivity contribution in [3.05, 3.63) is 82.4 Å². The summed E-state index contributed by atoms with van der Waals surface area (Å²) in [6, 6.07) is 14.2. The van der Waals surface area contributed by atoms with Gasteiger partial charge in [-0.1, -0.05) is 56.0 Å². The zero-order valence-electron chi connectivity index (χ0n) is 18.2. The van der Waals surface area contributed by atoms with Crippen LogP contribution >= 0.6 is 0 Å². The fraction of sp³-hybridized carbons (Fsp3) is 0.393. The third-order valence-electron chi connectivity index (χ3n) is 8.38. The van der Waals surface area contributed by atoms with Gasteiger partial charge in [-0.25, -0.2) is 0 Å². The maximum atomic E-state index is 11.6. The van der Waals surface area contributed by atoms with E-state index in [-0.39, 0.29) is 5.41 Å². The van der Waals surface area contributed by atoms with Crippen LogP contribution in [0.15, 0.2) is 54.6 Å². The minimum Gasteiger partial charge on any atom is -0.388 e. The third-order valence-corrected chi connectivity index (χ3v) is 8.38. The zero-order chi connectivity index (χ0) is 21.8. The number of aryl methyl sites for hydroxylation is 1. The molecule has 2 fully saturated rings. The number of fused-ring (bicyclic) bond motifs is 5. The van der Waals surface area contributed by atoms with Crippen LogP contribution in [0, 0.1) is 17.3 Å². The number of amides is 1. The van der Waals surface area contributed by atoms with Gasteiger partial charge in [-0.05, 0) is 89.8 Å². The SMILES string of the molecule is C=Cc1ccc2c(c1)CC[C@@H]1[C@@H]2CC[C@]2(C)[C@@H](O)C(=Cc3cccc(C(N)=O)c3)C[C@@H]12. The first kappa shape index (κ1) is 20.3. The van der Waals surface area contributed by atoms with Gasteiger partial charge in [-0.3, -0.25) is 4.79 Å². The van der Waals surface area contributed by atoms with Crippen LogP contribution in [0.5, 0.6) is 0 Å². The van der Waals surface area contributed by atoms with Crippen molar-refractivity contribution >= 4 is 18.1 Å². The fourth-order valence-corrected chi connectivity index (χ4v) is 6.72. The van der Waals surface area contributed by atoms with Crippen LogP contribution in [0.4, 0.5) is 0 Å². The summed E-state index contributed by atoms with van der Waals surface area (Å²) in [7, 11) is 0. The van der Waals surface area contributed by atoms with Gasteiger partial charge in [0.15, 0.2) is 0 Å². The highest BCUT2D eigenvalue weighted by atomic mass is 16.3. The summed E-state index contributed by atoms with van der Waals surface area (Å²) in [5.41, 5.74) is 12.1. The largest absolute Gasteiger partial charge is 0.388 e. The molecule has 3 aliphatic carbocycles. The lowest BCUT2D eigenvalue weighted by Gasteiger charge is -2.49. The molecular weight excluding hydrogens is 382 g/mol. The molecule has 2 aromatic rings. The maximum absolute atomic E-state index is 11.6. The number of aliphatic hydroxyl groups is 1. The smallest absolute Gasteiger partial charge is 0.248 e. The number of hydrogen-bond donors (Lipinski definition) is 2. The summed E-state index contributed by atoms with van der Waals surface area (Å²) in [4.78, 5) is 11.6. The average molecular weight is 414 g/mol. The molecule has 3 heteroatoms.